The van der Waals surface area contributed by atoms with Crippen LogP contribution in [-0.2, 0) is 19.7 Å². The second-order valence-corrected chi connectivity index (χ2v) is 6.42. The fraction of sp³-hybridized carbons (Fsp3) is 0.429. The predicted octanol–water partition coefficient (Wildman–Crippen LogP) is 1.03. The Morgan fingerprint density at radius 3 is 2.27 bits per heavy atom. The third-order valence-electron chi connectivity index (χ3n) is 3.21. The summed E-state index contributed by atoms with van der Waals surface area (Å²) in [5, 5.41) is 11.0. The minimum absolute atomic E-state index is 0.0375. The molecule has 0 saturated carbocycles. The van der Waals surface area contributed by atoms with E-state index in [4.69, 9.17) is 9.66 Å². The van der Waals surface area contributed by atoms with Crippen LogP contribution in [0.5, 0.6) is 0 Å². The molecule has 1 aromatic carbocycles. The number of rotatable bonds is 8. The highest BCUT2D eigenvalue weighted by molar-refractivity contribution is 7.85. The molecule has 0 saturated heterocycles. The second kappa shape index (κ2) is 7.90. The lowest BCUT2D eigenvalue weighted by Crippen LogP contribution is -2.45. The molecule has 1 unspecified atom stereocenters. The lowest BCUT2D eigenvalue weighted by Gasteiger charge is -2.17. The maximum atomic E-state index is 11.9. The molecule has 1 rings (SSSR count). The van der Waals surface area contributed by atoms with Gasteiger partial charge in [-0.1, -0.05) is 37.3 Å². The van der Waals surface area contributed by atoms with Gasteiger partial charge in [-0.05, 0) is 17.9 Å². The average Bonchev–Trinajstić information content (AvgIpc) is 2.43. The van der Waals surface area contributed by atoms with E-state index >= 15 is 0 Å². The van der Waals surface area contributed by atoms with Crippen LogP contribution in [0.4, 0.5) is 0 Å². The number of amides is 1. The van der Waals surface area contributed by atoms with Crippen molar-refractivity contribution >= 4 is 22.0 Å². The van der Waals surface area contributed by atoms with E-state index in [1.165, 1.54) is 0 Å². The van der Waals surface area contributed by atoms with Gasteiger partial charge in [-0.15, -0.1) is 0 Å². The zero-order chi connectivity index (χ0) is 16.8. The molecule has 7 nitrogen and oxygen atoms in total. The third-order valence-corrected chi connectivity index (χ3v) is 3.96. The largest absolute Gasteiger partial charge is 0.480 e. The van der Waals surface area contributed by atoms with Crippen molar-refractivity contribution in [3.63, 3.8) is 0 Å². The van der Waals surface area contributed by atoms with Gasteiger partial charge < -0.3 is 10.4 Å². The van der Waals surface area contributed by atoms with Crippen molar-refractivity contribution in [2.45, 2.75) is 31.7 Å². The van der Waals surface area contributed by atoms with Crippen LogP contribution in [0.2, 0.25) is 0 Å². The van der Waals surface area contributed by atoms with Gasteiger partial charge in [-0.3, -0.25) is 9.35 Å². The van der Waals surface area contributed by atoms with E-state index in [1.807, 2.05) is 37.3 Å². The number of nitrogens with one attached hydrogen (secondary N) is 1. The molecule has 0 aliphatic heterocycles. The Balaban J connectivity index is 2.72. The number of aliphatic carboxylic acids is 1. The molecular formula is C14H19NO6S. The smallest absolute Gasteiger partial charge is 0.327 e. The summed E-state index contributed by atoms with van der Waals surface area (Å²) in [5.74, 6) is -3.25. The molecule has 0 heterocycles. The summed E-state index contributed by atoms with van der Waals surface area (Å²) in [6.07, 6.45) is 0.712. The normalized spacial score (nSPS) is 14.1. The Morgan fingerprint density at radius 2 is 1.82 bits per heavy atom. The highest BCUT2D eigenvalue weighted by Gasteiger charge is 2.26. The molecule has 122 valence electrons. The molecule has 3 N–H and O–H groups in total. The zero-order valence-electron chi connectivity index (χ0n) is 12.1. The Bertz CT molecular complexity index is 613. The highest BCUT2D eigenvalue weighted by atomic mass is 32.2. The molecule has 0 aliphatic carbocycles. The fourth-order valence-electron chi connectivity index (χ4n) is 2.09. The summed E-state index contributed by atoms with van der Waals surface area (Å²) in [7, 11) is -4.50. The molecule has 0 fully saturated rings. The Hall–Kier alpha value is -1.93. The number of hydrogen-bond donors (Lipinski definition) is 3. The van der Waals surface area contributed by atoms with Crippen LogP contribution in [0.25, 0.3) is 0 Å². The first-order chi connectivity index (χ1) is 10.2. The number of carbonyl (C=O) groups is 2. The molecule has 8 heteroatoms. The van der Waals surface area contributed by atoms with E-state index < -0.39 is 33.8 Å². The van der Waals surface area contributed by atoms with Gasteiger partial charge in [0, 0.05) is 6.42 Å². The number of carbonyl (C=O) groups excluding carboxylic acids is 1. The Kier molecular flexibility index (Phi) is 6.51. The van der Waals surface area contributed by atoms with E-state index in [1.54, 1.807) is 0 Å². The van der Waals surface area contributed by atoms with Gasteiger partial charge in [0.05, 0.1) is 0 Å². The highest BCUT2D eigenvalue weighted by Crippen LogP contribution is 2.22. The molecule has 0 aliphatic rings. The number of carboxylic acid groups (broad SMARTS) is 1. The Morgan fingerprint density at radius 1 is 1.23 bits per heavy atom. The molecule has 22 heavy (non-hydrogen) atoms. The maximum absolute atomic E-state index is 11.9. The van der Waals surface area contributed by atoms with Crippen molar-refractivity contribution in [2.75, 3.05) is 5.75 Å². The van der Waals surface area contributed by atoms with Gasteiger partial charge in [-0.25, -0.2) is 4.79 Å². The lowest BCUT2D eigenvalue weighted by atomic mass is 9.93. The van der Waals surface area contributed by atoms with Crippen LogP contribution in [0.3, 0.4) is 0 Å². The van der Waals surface area contributed by atoms with Crippen molar-refractivity contribution in [3.8, 4) is 0 Å². The lowest BCUT2D eigenvalue weighted by molar-refractivity contribution is -0.141. The van der Waals surface area contributed by atoms with Gasteiger partial charge >= 0.3 is 5.97 Å². The summed E-state index contributed by atoms with van der Waals surface area (Å²) in [4.78, 5) is 22.9. The molecule has 0 spiro atoms. The van der Waals surface area contributed by atoms with Gasteiger partial charge in [0.15, 0.2) is 0 Å². The molecule has 1 aromatic rings. The van der Waals surface area contributed by atoms with Gasteiger partial charge in [0.1, 0.15) is 11.8 Å². The summed E-state index contributed by atoms with van der Waals surface area (Å²) in [5.41, 5.74) is 0.946. The van der Waals surface area contributed by atoms with E-state index in [-0.39, 0.29) is 12.3 Å². The van der Waals surface area contributed by atoms with Crippen molar-refractivity contribution in [1.82, 2.24) is 5.32 Å². The van der Waals surface area contributed by atoms with Gasteiger partial charge in [-0.2, -0.15) is 8.42 Å². The topological polar surface area (TPSA) is 121 Å². The van der Waals surface area contributed by atoms with Gasteiger partial charge in [0.2, 0.25) is 5.91 Å². The third kappa shape index (κ3) is 6.23. The van der Waals surface area contributed by atoms with Crippen molar-refractivity contribution < 1.29 is 27.7 Å². The van der Waals surface area contributed by atoms with Crippen LogP contribution >= 0.6 is 0 Å². The first-order valence-electron chi connectivity index (χ1n) is 6.75. The molecular weight excluding hydrogens is 310 g/mol. The van der Waals surface area contributed by atoms with E-state index in [9.17, 15) is 18.0 Å². The number of carboxylic acids is 1. The van der Waals surface area contributed by atoms with E-state index in [0.29, 0.717) is 6.42 Å². The second-order valence-electron chi connectivity index (χ2n) is 4.93. The molecule has 2 atom stereocenters. The first-order valence-corrected chi connectivity index (χ1v) is 8.36. The summed E-state index contributed by atoms with van der Waals surface area (Å²) in [6, 6.07) is 7.60. The molecule has 0 radical (unpaired) electrons. The quantitative estimate of drug-likeness (QED) is 0.613. The number of hydrogen-bond acceptors (Lipinski definition) is 4. The minimum atomic E-state index is -4.50. The maximum Gasteiger partial charge on any atom is 0.327 e. The van der Waals surface area contributed by atoms with Crippen molar-refractivity contribution in [3.05, 3.63) is 35.9 Å². The van der Waals surface area contributed by atoms with Gasteiger partial charge in [0.25, 0.3) is 10.1 Å². The predicted molar refractivity (Wildman–Crippen MR) is 80.1 cm³/mol. The van der Waals surface area contributed by atoms with Crippen LogP contribution < -0.4 is 5.32 Å². The monoisotopic (exact) mass is 329 g/mol. The summed E-state index contributed by atoms with van der Waals surface area (Å²) in [6.45, 7) is 1.90. The first kappa shape index (κ1) is 18.1. The van der Waals surface area contributed by atoms with Crippen LogP contribution in [-0.4, -0.2) is 41.7 Å². The van der Waals surface area contributed by atoms with Crippen LogP contribution in [0.15, 0.2) is 30.3 Å². The van der Waals surface area contributed by atoms with Crippen LogP contribution in [0.1, 0.15) is 31.2 Å². The molecule has 0 aromatic heterocycles. The molecule has 0 bridgehead atoms. The van der Waals surface area contributed by atoms with E-state index in [0.717, 1.165) is 5.56 Å². The van der Waals surface area contributed by atoms with Crippen LogP contribution in [0, 0.1) is 0 Å². The standard InChI is InChI=1S/C14H19NO6S/c1-2-10(11-6-4-3-5-7-11)8-13(16)15-12(14(17)18)9-22(19,20)21/h3-7,10,12H,2,8-9H2,1H3,(H,15,16)(H,17,18)(H,19,20,21)/t10?,12-/m0/s1. The summed E-state index contributed by atoms with van der Waals surface area (Å²) >= 11 is 0. The fourth-order valence-corrected chi connectivity index (χ4v) is 2.73. The Labute approximate surface area is 129 Å². The van der Waals surface area contributed by atoms with Crippen molar-refractivity contribution in [2.24, 2.45) is 0 Å². The summed E-state index contributed by atoms with van der Waals surface area (Å²) < 4.78 is 30.3. The van der Waals surface area contributed by atoms with E-state index in [2.05, 4.69) is 5.32 Å². The average molecular weight is 329 g/mol. The molecule has 1 amide bonds. The van der Waals surface area contributed by atoms with Crippen molar-refractivity contribution in [1.29, 1.82) is 0 Å². The minimum Gasteiger partial charge on any atom is -0.480 e. The number of benzene rings is 1. The zero-order valence-corrected chi connectivity index (χ0v) is 12.9. The SMILES string of the molecule is CCC(CC(=O)N[C@@H](CS(=O)(=O)O)C(=O)O)c1ccccc1.